The minimum Gasteiger partial charge on any atom is -0.489 e. The Kier molecular flexibility index (Phi) is 8.62. The van der Waals surface area contributed by atoms with Gasteiger partial charge in [0, 0.05) is 18.3 Å². The number of benzene rings is 2. The summed E-state index contributed by atoms with van der Waals surface area (Å²) < 4.78 is 11.3. The van der Waals surface area contributed by atoms with Crippen LogP contribution in [0.25, 0.3) is 0 Å². The van der Waals surface area contributed by atoms with Crippen molar-refractivity contribution in [3.63, 3.8) is 0 Å². The average molecular weight is 484 g/mol. The van der Waals surface area contributed by atoms with Gasteiger partial charge >= 0.3 is 6.09 Å². The summed E-state index contributed by atoms with van der Waals surface area (Å²) >= 11 is 0. The lowest BCUT2D eigenvalue weighted by Crippen LogP contribution is -2.50. The molecule has 190 valence electrons. The van der Waals surface area contributed by atoms with E-state index in [0.717, 1.165) is 22.4 Å². The molecule has 1 aliphatic rings. The van der Waals surface area contributed by atoms with Crippen LogP contribution in [-0.4, -0.2) is 41.4 Å². The molecule has 3 rings (SSSR count). The van der Waals surface area contributed by atoms with Crippen LogP contribution < -0.4 is 20.7 Å². The first-order valence-electron chi connectivity index (χ1n) is 12.0. The number of hydrogen-bond donors (Lipinski definition) is 4. The number of amides is 2. The van der Waals surface area contributed by atoms with Gasteiger partial charge in [-0.15, -0.1) is 0 Å². The molecule has 35 heavy (non-hydrogen) atoms. The molecule has 2 atom stereocenters. The topological polar surface area (TPSA) is 109 Å². The van der Waals surface area contributed by atoms with Crippen molar-refractivity contribution >= 4 is 17.7 Å². The Hall–Kier alpha value is -3.26. The summed E-state index contributed by atoms with van der Waals surface area (Å²) in [5, 5.41) is 18.7. The van der Waals surface area contributed by atoms with Crippen LogP contribution in [0.5, 0.6) is 5.75 Å². The summed E-state index contributed by atoms with van der Waals surface area (Å²) in [6.07, 6.45) is 0.0917. The number of carbonyl (C=O) groups excluding carboxylic acids is 2. The summed E-state index contributed by atoms with van der Waals surface area (Å²) in [6.45, 7) is 10.1. The highest BCUT2D eigenvalue weighted by molar-refractivity contribution is 5.86. The van der Waals surface area contributed by atoms with E-state index in [-0.39, 0.29) is 24.5 Å². The fourth-order valence-electron chi connectivity index (χ4n) is 3.79. The van der Waals surface area contributed by atoms with E-state index in [4.69, 9.17) is 9.47 Å². The maximum absolute atomic E-state index is 12.6. The number of ether oxygens (including phenoxy) is 2. The van der Waals surface area contributed by atoms with E-state index < -0.39 is 17.7 Å². The standard InChI is InChI=1S/C27H37N3O5/c1-17(2)24-25(32)29-21(15-31)12-20-10-11-22(13-23(20)30-24)34-16-19-8-6-18(7-9-19)14-28-26(33)35-27(3,4)5/h6-11,13,17,21,24,30-31H,12,14-16H2,1-5H3,(H,28,33)(H,29,32)/t21-,24?/m0/s1. The Balaban J connectivity index is 1.62. The monoisotopic (exact) mass is 483 g/mol. The van der Waals surface area contributed by atoms with Crippen molar-refractivity contribution < 1.29 is 24.2 Å². The second-order valence-electron chi connectivity index (χ2n) is 10.2. The summed E-state index contributed by atoms with van der Waals surface area (Å²) in [7, 11) is 0. The predicted molar refractivity (Wildman–Crippen MR) is 135 cm³/mol. The van der Waals surface area contributed by atoms with Crippen LogP contribution in [0.1, 0.15) is 51.3 Å². The summed E-state index contributed by atoms with van der Waals surface area (Å²) in [5.74, 6) is 0.654. The second kappa shape index (κ2) is 11.4. The van der Waals surface area contributed by atoms with Gasteiger partial charge in [0.25, 0.3) is 0 Å². The molecular weight excluding hydrogens is 446 g/mol. The highest BCUT2D eigenvalue weighted by Gasteiger charge is 2.28. The molecule has 0 bridgehead atoms. The van der Waals surface area contributed by atoms with Gasteiger partial charge in [-0.05, 0) is 55.9 Å². The number of nitrogens with one attached hydrogen (secondary N) is 3. The molecule has 0 aromatic heterocycles. The van der Waals surface area contributed by atoms with Crippen molar-refractivity contribution in [1.82, 2.24) is 10.6 Å². The zero-order valence-corrected chi connectivity index (χ0v) is 21.2. The minimum atomic E-state index is -0.529. The molecule has 1 heterocycles. The molecule has 2 aromatic rings. The zero-order chi connectivity index (χ0) is 25.6. The SMILES string of the molecule is CC(C)C1Nc2cc(OCc3ccc(CNC(=O)OC(C)(C)C)cc3)ccc2C[C@@H](CO)NC1=O. The van der Waals surface area contributed by atoms with Crippen molar-refractivity contribution in [2.45, 2.75) is 71.9 Å². The molecule has 0 aliphatic carbocycles. The number of rotatable bonds is 7. The largest absolute Gasteiger partial charge is 0.489 e. The Labute approximate surface area is 207 Å². The van der Waals surface area contributed by atoms with E-state index in [0.29, 0.717) is 25.3 Å². The molecule has 8 heteroatoms. The van der Waals surface area contributed by atoms with Crippen LogP contribution in [0.3, 0.4) is 0 Å². The molecule has 0 spiro atoms. The molecule has 1 aliphatic heterocycles. The number of aliphatic hydroxyl groups excluding tert-OH is 1. The first-order valence-corrected chi connectivity index (χ1v) is 12.0. The van der Waals surface area contributed by atoms with Crippen molar-refractivity contribution in [3.05, 3.63) is 59.2 Å². The van der Waals surface area contributed by atoms with Crippen molar-refractivity contribution in [2.24, 2.45) is 5.92 Å². The van der Waals surface area contributed by atoms with E-state index >= 15 is 0 Å². The summed E-state index contributed by atoms with van der Waals surface area (Å²) in [4.78, 5) is 24.4. The molecule has 2 aromatic carbocycles. The number of fused-ring (bicyclic) bond motifs is 1. The van der Waals surface area contributed by atoms with Crippen LogP contribution >= 0.6 is 0 Å². The molecule has 1 unspecified atom stereocenters. The van der Waals surface area contributed by atoms with Gasteiger partial charge in [-0.3, -0.25) is 4.79 Å². The first kappa shape index (κ1) is 26.3. The second-order valence-corrected chi connectivity index (χ2v) is 10.2. The average Bonchev–Trinajstić information content (AvgIpc) is 2.78. The van der Waals surface area contributed by atoms with Gasteiger partial charge in [0.05, 0.1) is 12.6 Å². The maximum Gasteiger partial charge on any atom is 0.407 e. The Bertz CT molecular complexity index is 1010. The van der Waals surface area contributed by atoms with Crippen LogP contribution in [0.2, 0.25) is 0 Å². The van der Waals surface area contributed by atoms with Crippen LogP contribution in [0.15, 0.2) is 42.5 Å². The third-order valence-electron chi connectivity index (χ3n) is 5.64. The van der Waals surface area contributed by atoms with Crippen LogP contribution in [-0.2, 0) is 29.1 Å². The highest BCUT2D eigenvalue weighted by Crippen LogP contribution is 2.28. The zero-order valence-electron chi connectivity index (χ0n) is 21.2. The maximum atomic E-state index is 12.6. The van der Waals surface area contributed by atoms with E-state index in [2.05, 4.69) is 16.0 Å². The van der Waals surface area contributed by atoms with E-state index in [1.54, 1.807) is 0 Å². The number of aliphatic hydroxyl groups is 1. The molecular formula is C27H37N3O5. The number of hydrogen-bond acceptors (Lipinski definition) is 6. The van der Waals surface area contributed by atoms with Crippen molar-refractivity contribution in [1.29, 1.82) is 0 Å². The van der Waals surface area contributed by atoms with E-state index in [9.17, 15) is 14.7 Å². The van der Waals surface area contributed by atoms with Crippen LogP contribution in [0, 0.1) is 5.92 Å². The lowest BCUT2D eigenvalue weighted by Gasteiger charge is -2.30. The molecule has 2 amide bonds. The fraction of sp³-hybridized carbons (Fsp3) is 0.481. The molecule has 8 nitrogen and oxygen atoms in total. The minimum absolute atomic E-state index is 0.0770. The molecule has 4 N–H and O–H groups in total. The van der Waals surface area contributed by atoms with Gasteiger partial charge in [-0.2, -0.15) is 0 Å². The van der Waals surface area contributed by atoms with E-state index in [1.807, 2.05) is 77.1 Å². The van der Waals surface area contributed by atoms with Gasteiger partial charge in [0.15, 0.2) is 0 Å². The first-order chi connectivity index (χ1) is 16.5. The predicted octanol–water partition coefficient (Wildman–Crippen LogP) is 3.76. The van der Waals surface area contributed by atoms with Gasteiger partial charge in [0.2, 0.25) is 5.91 Å². The van der Waals surface area contributed by atoms with Crippen molar-refractivity contribution in [2.75, 3.05) is 11.9 Å². The Morgan fingerprint density at radius 3 is 2.43 bits per heavy atom. The van der Waals surface area contributed by atoms with E-state index in [1.165, 1.54) is 0 Å². The van der Waals surface area contributed by atoms with Crippen molar-refractivity contribution in [3.8, 4) is 5.75 Å². The smallest absolute Gasteiger partial charge is 0.407 e. The summed E-state index contributed by atoms with van der Waals surface area (Å²) in [5.41, 5.74) is 3.28. The normalized spacial score (nSPS) is 18.0. The lowest BCUT2D eigenvalue weighted by molar-refractivity contribution is -0.123. The van der Waals surface area contributed by atoms with Gasteiger partial charge in [-0.25, -0.2) is 4.79 Å². The van der Waals surface area contributed by atoms with Gasteiger partial charge < -0.3 is 30.5 Å². The van der Waals surface area contributed by atoms with Gasteiger partial charge in [0.1, 0.15) is 24.0 Å². The number of anilines is 1. The highest BCUT2D eigenvalue weighted by atomic mass is 16.6. The Morgan fingerprint density at radius 1 is 1.11 bits per heavy atom. The van der Waals surface area contributed by atoms with Crippen LogP contribution in [0.4, 0.5) is 10.5 Å². The van der Waals surface area contributed by atoms with Gasteiger partial charge in [-0.1, -0.05) is 44.2 Å². The number of carbonyl (C=O) groups is 2. The summed E-state index contributed by atoms with van der Waals surface area (Å²) in [6, 6.07) is 12.9. The fourth-order valence-corrected chi connectivity index (χ4v) is 3.79. The molecule has 0 saturated carbocycles. The lowest BCUT2D eigenvalue weighted by atomic mass is 9.97. The molecule has 0 radical (unpaired) electrons. The quantitative estimate of drug-likeness (QED) is 0.478. The molecule has 0 saturated heterocycles. The third kappa shape index (κ3) is 7.89. The number of alkyl carbamates (subject to hydrolysis) is 1. The third-order valence-corrected chi connectivity index (χ3v) is 5.64. The Morgan fingerprint density at radius 2 is 1.80 bits per heavy atom. The molecule has 0 fully saturated rings.